The Morgan fingerprint density at radius 2 is 2.54 bits per heavy atom. The minimum Gasteiger partial charge on any atom is -0.372 e. The minimum absolute atomic E-state index is 0.135. The summed E-state index contributed by atoms with van der Waals surface area (Å²) in [5.74, 6) is 0. The van der Waals surface area contributed by atoms with Gasteiger partial charge in [-0.05, 0) is 12.8 Å². The lowest BCUT2D eigenvalue weighted by Gasteiger charge is -2.27. The highest BCUT2D eigenvalue weighted by Gasteiger charge is 2.23. The Hall–Kier alpha value is -0.870. The molecule has 0 amide bonds. The molecule has 0 radical (unpaired) electrons. The molecule has 2 N–H and O–H groups in total. The number of imidazole rings is 1. The number of aromatic nitrogens is 2. The molecular weight excluding hydrogens is 166 g/mol. The van der Waals surface area contributed by atoms with Gasteiger partial charge in [0.15, 0.2) is 0 Å². The molecular formula is C9H15N3O. The Labute approximate surface area is 77.7 Å². The van der Waals surface area contributed by atoms with E-state index in [0.29, 0.717) is 0 Å². The van der Waals surface area contributed by atoms with Crippen LogP contribution in [-0.2, 0) is 11.8 Å². The molecule has 1 aliphatic rings. The van der Waals surface area contributed by atoms with Crippen molar-refractivity contribution >= 4 is 0 Å². The molecule has 0 spiro atoms. The molecule has 1 aliphatic heterocycles. The molecule has 1 aromatic heterocycles. The second-order valence-electron chi connectivity index (χ2n) is 3.57. The van der Waals surface area contributed by atoms with Gasteiger partial charge in [0.1, 0.15) is 6.10 Å². The molecule has 0 unspecified atom stereocenters. The van der Waals surface area contributed by atoms with Gasteiger partial charge >= 0.3 is 0 Å². The molecule has 2 heterocycles. The highest BCUT2D eigenvalue weighted by Crippen LogP contribution is 2.26. The van der Waals surface area contributed by atoms with Gasteiger partial charge in [-0.2, -0.15) is 0 Å². The van der Waals surface area contributed by atoms with Gasteiger partial charge in [-0.1, -0.05) is 0 Å². The zero-order valence-corrected chi connectivity index (χ0v) is 7.81. The van der Waals surface area contributed by atoms with Crippen LogP contribution in [0.3, 0.4) is 0 Å². The molecule has 1 aromatic rings. The summed E-state index contributed by atoms with van der Waals surface area (Å²) in [6.07, 6.45) is 5.64. The number of nitrogens with two attached hydrogens (primary N) is 1. The third kappa shape index (κ3) is 1.73. The van der Waals surface area contributed by atoms with E-state index < -0.39 is 0 Å². The number of nitrogens with zero attached hydrogens (tertiary/aromatic N) is 2. The van der Waals surface area contributed by atoms with Crippen molar-refractivity contribution in [3.8, 4) is 0 Å². The molecule has 2 rings (SSSR count). The first-order valence-corrected chi connectivity index (χ1v) is 4.61. The van der Waals surface area contributed by atoms with Gasteiger partial charge in [-0.15, -0.1) is 0 Å². The van der Waals surface area contributed by atoms with Crippen LogP contribution in [0.15, 0.2) is 12.5 Å². The summed E-state index contributed by atoms with van der Waals surface area (Å²) < 4.78 is 7.62. The summed E-state index contributed by atoms with van der Waals surface area (Å²) in [7, 11) is 1.98. The standard InChI is InChI=1S/C9H15N3O/c1-12-6-11-5-8(12)9-4-7(10)2-3-13-9/h5-7,9H,2-4,10H2,1H3/t7-,9-/m0/s1. The van der Waals surface area contributed by atoms with Crippen LogP contribution in [0.5, 0.6) is 0 Å². The van der Waals surface area contributed by atoms with Gasteiger partial charge in [0, 0.05) is 19.7 Å². The fourth-order valence-corrected chi connectivity index (χ4v) is 1.71. The van der Waals surface area contributed by atoms with Gasteiger partial charge in [0.05, 0.1) is 18.2 Å². The van der Waals surface area contributed by atoms with Crippen molar-refractivity contribution in [3.63, 3.8) is 0 Å². The second kappa shape index (κ2) is 3.47. The lowest BCUT2D eigenvalue weighted by Crippen LogP contribution is -2.31. The number of hydrogen-bond donors (Lipinski definition) is 1. The van der Waals surface area contributed by atoms with Crippen molar-refractivity contribution < 1.29 is 4.74 Å². The van der Waals surface area contributed by atoms with E-state index in [4.69, 9.17) is 10.5 Å². The van der Waals surface area contributed by atoms with Crippen molar-refractivity contribution in [1.82, 2.24) is 9.55 Å². The highest BCUT2D eigenvalue weighted by atomic mass is 16.5. The normalized spacial score (nSPS) is 29.1. The number of rotatable bonds is 1. The van der Waals surface area contributed by atoms with Crippen molar-refractivity contribution in [1.29, 1.82) is 0 Å². The van der Waals surface area contributed by atoms with Crippen LogP contribution in [0.2, 0.25) is 0 Å². The zero-order chi connectivity index (χ0) is 9.26. The van der Waals surface area contributed by atoms with Crippen LogP contribution in [-0.4, -0.2) is 22.2 Å². The first-order valence-electron chi connectivity index (χ1n) is 4.61. The van der Waals surface area contributed by atoms with E-state index in [1.807, 2.05) is 17.8 Å². The van der Waals surface area contributed by atoms with Crippen LogP contribution >= 0.6 is 0 Å². The zero-order valence-electron chi connectivity index (χ0n) is 7.81. The molecule has 4 heteroatoms. The Morgan fingerprint density at radius 1 is 1.69 bits per heavy atom. The predicted octanol–water partition coefficient (Wildman–Crippen LogP) is 0.599. The minimum atomic E-state index is 0.135. The SMILES string of the molecule is Cn1cncc1[C@@H]1C[C@@H](N)CCO1. The summed E-state index contributed by atoms with van der Waals surface area (Å²) in [5.41, 5.74) is 6.99. The van der Waals surface area contributed by atoms with E-state index in [9.17, 15) is 0 Å². The van der Waals surface area contributed by atoms with Crippen LogP contribution in [0.1, 0.15) is 24.6 Å². The predicted molar refractivity (Wildman–Crippen MR) is 49.1 cm³/mol. The molecule has 0 aliphatic carbocycles. The maximum Gasteiger partial charge on any atom is 0.100 e. The lowest BCUT2D eigenvalue weighted by molar-refractivity contribution is 0.00253. The Kier molecular flexibility index (Phi) is 2.33. The summed E-state index contributed by atoms with van der Waals surface area (Å²) >= 11 is 0. The average molecular weight is 181 g/mol. The number of ether oxygens (including phenoxy) is 1. The van der Waals surface area contributed by atoms with E-state index >= 15 is 0 Å². The molecule has 2 atom stereocenters. The van der Waals surface area contributed by atoms with Crippen LogP contribution in [0, 0.1) is 0 Å². The van der Waals surface area contributed by atoms with Crippen molar-refractivity contribution in [2.24, 2.45) is 12.8 Å². The van der Waals surface area contributed by atoms with Crippen LogP contribution in [0.25, 0.3) is 0 Å². The number of aryl methyl sites for hydroxylation is 1. The summed E-state index contributed by atoms with van der Waals surface area (Å²) in [6.45, 7) is 0.761. The highest BCUT2D eigenvalue weighted by molar-refractivity contribution is 5.04. The molecule has 0 aromatic carbocycles. The van der Waals surface area contributed by atoms with E-state index in [1.54, 1.807) is 6.33 Å². The van der Waals surface area contributed by atoms with Gasteiger partial charge < -0.3 is 15.0 Å². The fourth-order valence-electron chi connectivity index (χ4n) is 1.71. The van der Waals surface area contributed by atoms with Crippen molar-refractivity contribution in [2.45, 2.75) is 25.0 Å². The molecule has 0 saturated carbocycles. The van der Waals surface area contributed by atoms with Crippen LogP contribution in [0.4, 0.5) is 0 Å². The third-order valence-corrected chi connectivity index (χ3v) is 2.51. The molecule has 4 nitrogen and oxygen atoms in total. The lowest BCUT2D eigenvalue weighted by atomic mass is 10.0. The van der Waals surface area contributed by atoms with Gasteiger partial charge in [0.25, 0.3) is 0 Å². The first kappa shape index (κ1) is 8.72. The molecule has 72 valence electrons. The Morgan fingerprint density at radius 3 is 3.15 bits per heavy atom. The summed E-state index contributed by atoms with van der Waals surface area (Å²) in [6, 6.07) is 0.272. The smallest absolute Gasteiger partial charge is 0.100 e. The largest absolute Gasteiger partial charge is 0.372 e. The van der Waals surface area contributed by atoms with E-state index in [1.165, 1.54) is 0 Å². The Balaban J connectivity index is 2.12. The first-order chi connectivity index (χ1) is 6.27. The summed E-state index contributed by atoms with van der Waals surface area (Å²) in [5, 5.41) is 0. The topological polar surface area (TPSA) is 53.1 Å². The Bertz CT molecular complexity index is 284. The van der Waals surface area contributed by atoms with E-state index in [-0.39, 0.29) is 12.1 Å². The van der Waals surface area contributed by atoms with E-state index in [2.05, 4.69) is 4.98 Å². The maximum atomic E-state index is 5.87. The van der Waals surface area contributed by atoms with Crippen LogP contribution < -0.4 is 5.73 Å². The summed E-state index contributed by atoms with van der Waals surface area (Å²) in [4.78, 5) is 4.06. The fraction of sp³-hybridized carbons (Fsp3) is 0.667. The van der Waals surface area contributed by atoms with Crippen molar-refractivity contribution in [3.05, 3.63) is 18.2 Å². The van der Waals surface area contributed by atoms with Gasteiger partial charge in [0.2, 0.25) is 0 Å². The molecule has 0 bridgehead atoms. The van der Waals surface area contributed by atoms with E-state index in [0.717, 1.165) is 25.1 Å². The quantitative estimate of drug-likeness (QED) is 0.690. The molecule has 1 saturated heterocycles. The van der Waals surface area contributed by atoms with Crippen molar-refractivity contribution in [2.75, 3.05) is 6.61 Å². The monoisotopic (exact) mass is 181 g/mol. The van der Waals surface area contributed by atoms with Gasteiger partial charge in [-0.3, -0.25) is 0 Å². The average Bonchev–Trinajstić information content (AvgIpc) is 2.51. The number of hydrogen-bond acceptors (Lipinski definition) is 3. The second-order valence-corrected chi connectivity index (χ2v) is 3.57. The molecule has 1 fully saturated rings. The third-order valence-electron chi connectivity index (χ3n) is 2.51. The maximum absolute atomic E-state index is 5.87. The van der Waals surface area contributed by atoms with Gasteiger partial charge in [-0.25, -0.2) is 4.98 Å². The molecule has 13 heavy (non-hydrogen) atoms.